The summed E-state index contributed by atoms with van der Waals surface area (Å²) in [6.45, 7) is 4.28. The van der Waals surface area contributed by atoms with Gasteiger partial charge in [0.1, 0.15) is 0 Å². The van der Waals surface area contributed by atoms with Crippen molar-refractivity contribution in [3.8, 4) is 0 Å². The molecule has 14 heavy (non-hydrogen) atoms. The Hall–Kier alpha value is -1.05. The molecule has 2 heteroatoms. The Balaban J connectivity index is 2.58. The van der Waals surface area contributed by atoms with Crippen LogP contribution in [-0.2, 0) is 12.8 Å². The topological polar surface area (TPSA) is 32.9 Å². The van der Waals surface area contributed by atoms with Crippen molar-refractivity contribution in [2.75, 3.05) is 0 Å². The molecule has 0 saturated heterocycles. The average molecular weight is 191 g/mol. The number of hydrogen-bond acceptors (Lipinski definition) is 1. The largest absolute Gasteiger partial charge is 0.326 e. The van der Waals surface area contributed by atoms with Gasteiger partial charge < -0.3 is 4.98 Å². The minimum absolute atomic E-state index is 0.0642. The summed E-state index contributed by atoms with van der Waals surface area (Å²) < 4.78 is 0. The Kier molecular flexibility index (Phi) is 2.44. The Bertz CT molecular complexity index is 390. The number of pyridine rings is 1. The zero-order valence-corrected chi connectivity index (χ0v) is 8.89. The van der Waals surface area contributed by atoms with Crippen LogP contribution in [0.4, 0.5) is 0 Å². The highest BCUT2D eigenvalue weighted by Gasteiger charge is 2.16. The third-order valence-electron chi connectivity index (χ3n) is 2.98. The first-order valence-electron chi connectivity index (χ1n) is 5.43. The Morgan fingerprint density at radius 2 is 2.00 bits per heavy atom. The third kappa shape index (κ3) is 1.61. The summed E-state index contributed by atoms with van der Waals surface area (Å²) in [5.41, 5.74) is 3.91. The van der Waals surface area contributed by atoms with Crippen LogP contribution in [0, 0.1) is 0 Å². The minimum atomic E-state index is 0.0642. The van der Waals surface area contributed by atoms with Crippen LogP contribution in [0.3, 0.4) is 0 Å². The maximum atomic E-state index is 11.4. The van der Waals surface area contributed by atoms with Crippen LogP contribution in [0.5, 0.6) is 0 Å². The first kappa shape index (κ1) is 9.50. The van der Waals surface area contributed by atoms with Crippen molar-refractivity contribution in [3.63, 3.8) is 0 Å². The van der Waals surface area contributed by atoms with Crippen molar-refractivity contribution in [1.29, 1.82) is 0 Å². The number of aromatic nitrogens is 1. The molecule has 2 nitrogen and oxygen atoms in total. The molecule has 0 unspecified atom stereocenters. The fourth-order valence-electron chi connectivity index (χ4n) is 2.29. The SMILES string of the molecule is CC(C)c1[nH]c(=O)cc2c1CCCC2. The molecule has 0 radical (unpaired) electrons. The Morgan fingerprint density at radius 1 is 1.29 bits per heavy atom. The molecule has 0 amide bonds. The van der Waals surface area contributed by atoms with E-state index in [4.69, 9.17) is 0 Å². The number of aromatic amines is 1. The van der Waals surface area contributed by atoms with Gasteiger partial charge in [0.05, 0.1) is 0 Å². The summed E-state index contributed by atoms with van der Waals surface area (Å²) in [5.74, 6) is 0.427. The summed E-state index contributed by atoms with van der Waals surface area (Å²) in [7, 11) is 0. The summed E-state index contributed by atoms with van der Waals surface area (Å²) in [6, 6.07) is 1.78. The molecule has 1 aliphatic rings. The summed E-state index contributed by atoms with van der Waals surface area (Å²) in [6.07, 6.45) is 4.71. The molecule has 76 valence electrons. The van der Waals surface area contributed by atoms with Crippen LogP contribution in [0.25, 0.3) is 0 Å². The van der Waals surface area contributed by atoms with E-state index in [1.807, 2.05) is 0 Å². The van der Waals surface area contributed by atoms with Gasteiger partial charge in [-0.1, -0.05) is 13.8 Å². The standard InChI is InChI=1S/C12H17NO/c1-8(2)12-10-6-4-3-5-9(10)7-11(14)13-12/h7-8H,3-6H2,1-2H3,(H,13,14). The zero-order valence-electron chi connectivity index (χ0n) is 8.89. The van der Waals surface area contributed by atoms with Gasteiger partial charge in [-0.25, -0.2) is 0 Å². The number of nitrogens with one attached hydrogen (secondary N) is 1. The number of fused-ring (bicyclic) bond motifs is 1. The van der Waals surface area contributed by atoms with E-state index in [2.05, 4.69) is 18.8 Å². The maximum Gasteiger partial charge on any atom is 0.248 e. The van der Waals surface area contributed by atoms with Gasteiger partial charge in [-0.2, -0.15) is 0 Å². The van der Waals surface area contributed by atoms with Crippen molar-refractivity contribution < 1.29 is 0 Å². The van der Waals surface area contributed by atoms with E-state index in [0.717, 1.165) is 18.5 Å². The summed E-state index contributed by atoms with van der Waals surface area (Å²) in [4.78, 5) is 14.4. The third-order valence-corrected chi connectivity index (χ3v) is 2.98. The molecule has 0 bridgehead atoms. The van der Waals surface area contributed by atoms with Crippen LogP contribution in [0.2, 0.25) is 0 Å². The molecule has 2 rings (SSSR count). The molecule has 0 fully saturated rings. The van der Waals surface area contributed by atoms with E-state index in [1.165, 1.54) is 24.0 Å². The van der Waals surface area contributed by atoms with Gasteiger partial charge >= 0.3 is 0 Å². The molecule has 1 aromatic heterocycles. The van der Waals surface area contributed by atoms with E-state index < -0.39 is 0 Å². The van der Waals surface area contributed by atoms with E-state index in [0.29, 0.717) is 5.92 Å². The van der Waals surface area contributed by atoms with E-state index in [-0.39, 0.29) is 5.56 Å². The van der Waals surface area contributed by atoms with Crippen molar-refractivity contribution >= 4 is 0 Å². The number of aryl methyl sites for hydroxylation is 1. The second-order valence-electron chi connectivity index (χ2n) is 4.41. The molecule has 0 saturated carbocycles. The van der Waals surface area contributed by atoms with Crippen molar-refractivity contribution in [3.05, 3.63) is 33.2 Å². The molecular weight excluding hydrogens is 174 g/mol. The van der Waals surface area contributed by atoms with Gasteiger partial charge in [0, 0.05) is 11.8 Å². The smallest absolute Gasteiger partial charge is 0.248 e. The van der Waals surface area contributed by atoms with Gasteiger partial charge in [-0.15, -0.1) is 0 Å². The predicted octanol–water partition coefficient (Wildman–Crippen LogP) is 2.38. The lowest BCUT2D eigenvalue weighted by atomic mass is 9.88. The lowest BCUT2D eigenvalue weighted by Crippen LogP contribution is -2.17. The number of rotatable bonds is 1. The fourth-order valence-corrected chi connectivity index (χ4v) is 2.29. The molecule has 0 spiro atoms. The second kappa shape index (κ2) is 3.60. The van der Waals surface area contributed by atoms with Gasteiger partial charge in [0.2, 0.25) is 5.56 Å². The van der Waals surface area contributed by atoms with Crippen LogP contribution >= 0.6 is 0 Å². The first-order valence-corrected chi connectivity index (χ1v) is 5.43. The molecule has 0 aliphatic heterocycles. The zero-order chi connectivity index (χ0) is 10.1. The molecule has 0 atom stereocenters. The second-order valence-corrected chi connectivity index (χ2v) is 4.41. The Labute approximate surface area is 84.4 Å². The minimum Gasteiger partial charge on any atom is -0.326 e. The highest BCUT2D eigenvalue weighted by atomic mass is 16.1. The fraction of sp³-hybridized carbons (Fsp3) is 0.583. The Morgan fingerprint density at radius 3 is 2.71 bits per heavy atom. The molecule has 1 heterocycles. The van der Waals surface area contributed by atoms with Crippen molar-refractivity contribution in [2.45, 2.75) is 45.4 Å². The highest BCUT2D eigenvalue weighted by molar-refractivity contribution is 5.33. The van der Waals surface area contributed by atoms with Gasteiger partial charge in [0.15, 0.2) is 0 Å². The lowest BCUT2D eigenvalue weighted by Gasteiger charge is -2.20. The van der Waals surface area contributed by atoms with Crippen LogP contribution in [0.15, 0.2) is 10.9 Å². The van der Waals surface area contributed by atoms with E-state index >= 15 is 0 Å². The molecule has 1 N–H and O–H groups in total. The molecule has 0 aromatic carbocycles. The first-order chi connectivity index (χ1) is 6.68. The van der Waals surface area contributed by atoms with Gasteiger partial charge in [-0.05, 0) is 42.7 Å². The normalized spacial score (nSPS) is 15.6. The van der Waals surface area contributed by atoms with Crippen LogP contribution in [-0.4, -0.2) is 4.98 Å². The van der Waals surface area contributed by atoms with Crippen LogP contribution in [0.1, 0.15) is 49.4 Å². The lowest BCUT2D eigenvalue weighted by molar-refractivity contribution is 0.657. The molecule has 1 aromatic rings. The quantitative estimate of drug-likeness (QED) is 0.726. The van der Waals surface area contributed by atoms with E-state index in [9.17, 15) is 4.79 Å². The number of hydrogen-bond donors (Lipinski definition) is 1. The maximum absolute atomic E-state index is 11.4. The van der Waals surface area contributed by atoms with Gasteiger partial charge in [-0.3, -0.25) is 4.79 Å². The van der Waals surface area contributed by atoms with Crippen LogP contribution < -0.4 is 5.56 Å². The van der Waals surface area contributed by atoms with Gasteiger partial charge in [0.25, 0.3) is 0 Å². The van der Waals surface area contributed by atoms with Crippen molar-refractivity contribution in [2.24, 2.45) is 0 Å². The average Bonchev–Trinajstić information content (AvgIpc) is 2.16. The van der Waals surface area contributed by atoms with Crippen molar-refractivity contribution in [1.82, 2.24) is 4.98 Å². The summed E-state index contributed by atoms with van der Waals surface area (Å²) >= 11 is 0. The summed E-state index contributed by atoms with van der Waals surface area (Å²) in [5, 5.41) is 0. The monoisotopic (exact) mass is 191 g/mol. The molecule has 1 aliphatic carbocycles. The predicted molar refractivity (Wildman–Crippen MR) is 57.8 cm³/mol. The van der Waals surface area contributed by atoms with E-state index in [1.54, 1.807) is 6.07 Å². The number of H-pyrrole nitrogens is 1. The highest BCUT2D eigenvalue weighted by Crippen LogP contribution is 2.25. The molecular formula is C12H17NO.